The highest BCUT2D eigenvalue weighted by molar-refractivity contribution is 5.94. The van der Waals surface area contributed by atoms with E-state index in [-0.39, 0.29) is 12.0 Å². The second kappa shape index (κ2) is 7.85. The molecule has 1 aliphatic rings. The topological polar surface area (TPSA) is 82.8 Å². The minimum atomic E-state index is -0.112. The zero-order valence-electron chi connectivity index (χ0n) is 12.3. The van der Waals surface area contributed by atoms with Crippen molar-refractivity contribution >= 4 is 17.3 Å². The number of methoxy groups -OCH3 is 1. The lowest BCUT2D eigenvalue weighted by molar-refractivity contribution is -0.118. The summed E-state index contributed by atoms with van der Waals surface area (Å²) in [6.45, 7) is 1.88. The number of ether oxygens (including phenoxy) is 3. The molecular weight excluding hydrogens is 272 g/mol. The average molecular weight is 294 g/mol. The van der Waals surface area contributed by atoms with Gasteiger partial charge in [-0.25, -0.2) is 0 Å². The van der Waals surface area contributed by atoms with Crippen molar-refractivity contribution < 1.29 is 19.0 Å². The van der Waals surface area contributed by atoms with E-state index in [1.807, 2.05) is 0 Å². The van der Waals surface area contributed by atoms with E-state index in [2.05, 4.69) is 5.32 Å². The van der Waals surface area contributed by atoms with Crippen molar-refractivity contribution in [2.45, 2.75) is 25.4 Å². The molecule has 0 bridgehead atoms. The van der Waals surface area contributed by atoms with Crippen LogP contribution >= 0.6 is 0 Å². The first-order chi connectivity index (χ1) is 10.2. The van der Waals surface area contributed by atoms with Crippen molar-refractivity contribution in [2.24, 2.45) is 0 Å². The molecule has 1 amide bonds. The van der Waals surface area contributed by atoms with Gasteiger partial charge in [-0.05, 0) is 25.0 Å². The standard InChI is InChI=1S/C15H22N2O4/c1-19-12-2-3-14(13(16)10-12)17-15(18)6-9-21-11-4-7-20-8-5-11/h2-3,10-11H,4-9,16H2,1H3,(H,17,18). The van der Waals surface area contributed by atoms with Crippen LogP contribution < -0.4 is 15.8 Å². The molecule has 1 heterocycles. The highest BCUT2D eigenvalue weighted by atomic mass is 16.5. The van der Waals surface area contributed by atoms with Crippen LogP contribution in [0.3, 0.4) is 0 Å². The second-order valence-corrected chi connectivity index (χ2v) is 4.93. The summed E-state index contributed by atoms with van der Waals surface area (Å²) in [6.07, 6.45) is 2.31. The molecule has 1 fully saturated rings. The monoisotopic (exact) mass is 294 g/mol. The number of hydrogen-bond acceptors (Lipinski definition) is 5. The van der Waals surface area contributed by atoms with Crippen LogP contribution in [0.4, 0.5) is 11.4 Å². The van der Waals surface area contributed by atoms with Gasteiger partial charge in [0.25, 0.3) is 0 Å². The fraction of sp³-hybridized carbons (Fsp3) is 0.533. The molecule has 0 spiro atoms. The maximum atomic E-state index is 11.9. The summed E-state index contributed by atoms with van der Waals surface area (Å²) in [5.41, 5.74) is 6.92. The van der Waals surface area contributed by atoms with E-state index in [1.54, 1.807) is 25.3 Å². The van der Waals surface area contributed by atoms with Gasteiger partial charge in [0.15, 0.2) is 0 Å². The van der Waals surface area contributed by atoms with Crippen molar-refractivity contribution in [3.8, 4) is 5.75 Å². The number of amides is 1. The van der Waals surface area contributed by atoms with Gasteiger partial charge in [0.05, 0.1) is 37.6 Å². The second-order valence-electron chi connectivity index (χ2n) is 4.93. The molecule has 21 heavy (non-hydrogen) atoms. The van der Waals surface area contributed by atoms with E-state index < -0.39 is 0 Å². The van der Waals surface area contributed by atoms with Crippen molar-refractivity contribution in [3.63, 3.8) is 0 Å². The Kier molecular flexibility index (Phi) is 5.83. The molecule has 6 nitrogen and oxygen atoms in total. The van der Waals surface area contributed by atoms with Crippen LogP contribution in [0.5, 0.6) is 5.75 Å². The van der Waals surface area contributed by atoms with Crippen LogP contribution in [-0.4, -0.2) is 38.9 Å². The van der Waals surface area contributed by atoms with E-state index in [1.165, 1.54) is 0 Å². The lowest BCUT2D eigenvalue weighted by atomic mass is 10.1. The third-order valence-electron chi connectivity index (χ3n) is 3.38. The van der Waals surface area contributed by atoms with E-state index >= 15 is 0 Å². The van der Waals surface area contributed by atoms with Crippen LogP contribution in [0.25, 0.3) is 0 Å². The van der Waals surface area contributed by atoms with Crippen LogP contribution in [0.2, 0.25) is 0 Å². The number of carbonyl (C=O) groups is 1. The van der Waals surface area contributed by atoms with Crippen LogP contribution in [0.15, 0.2) is 18.2 Å². The Morgan fingerprint density at radius 2 is 2.19 bits per heavy atom. The molecule has 3 N–H and O–H groups in total. The largest absolute Gasteiger partial charge is 0.497 e. The first kappa shape index (κ1) is 15.6. The van der Waals surface area contributed by atoms with E-state index in [9.17, 15) is 4.79 Å². The number of carbonyl (C=O) groups excluding carboxylic acids is 1. The highest BCUT2D eigenvalue weighted by Gasteiger charge is 2.14. The minimum Gasteiger partial charge on any atom is -0.497 e. The first-order valence-electron chi connectivity index (χ1n) is 7.11. The predicted octanol–water partition coefficient (Wildman–Crippen LogP) is 1.80. The quantitative estimate of drug-likeness (QED) is 0.782. The Morgan fingerprint density at radius 3 is 2.86 bits per heavy atom. The van der Waals surface area contributed by atoms with Gasteiger partial charge in [-0.15, -0.1) is 0 Å². The molecule has 1 aliphatic heterocycles. The summed E-state index contributed by atoms with van der Waals surface area (Å²) in [7, 11) is 1.57. The molecule has 1 aromatic rings. The van der Waals surface area contributed by atoms with E-state index in [0.29, 0.717) is 30.2 Å². The third kappa shape index (κ3) is 4.91. The Bertz CT molecular complexity index is 473. The van der Waals surface area contributed by atoms with Crippen LogP contribution in [0, 0.1) is 0 Å². The number of benzene rings is 1. The Balaban J connectivity index is 1.73. The molecule has 2 rings (SSSR count). The molecule has 0 aliphatic carbocycles. The molecule has 0 aromatic heterocycles. The minimum absolute atomic E-state index is 0.112. The van der Waals surface area contributed by atoms with E-state index in [4.69, 9.17) is 19.9 Å². The molecule has 116 valence electrons. The van der Waals surface area contributed by atoms with Crippen LogP contribution in [-0.2, 0) is 14.3 Å². The Hall–Kier alpha value is -1.79. The fourth-order valence-electron chi connectivity index (χ4n) is 2.16. The summed E-state index contributed by atoms with van der Waals surface area (Å²) in [4.78, 5) is 11.9. The molecular formula is C15H22N2O4. The smallest absolute Gasteiger partial charge is 0.226 e. The summed E-state index contributed by atoms with van der Waals surface area (Å²) in [5, 5.41) is 2.78. The lowest BCUT2D eigenvalue weighted by Crippen LogP contribution is -2.25. The van der Waals surface area contributed by atoms with Crippen molar-refractivity contribution in [2.75, 3.05) is 38.0 Å². The highest BCUT2D eigenvalue weighted by Crippen LogP contribution is 2.24. The molecule has 0 saturated carbocycles. The van der Waals surface area contributed by atoms with E-state index in [0.717, 1.165) is 26.1 Å². The summed E-state index contributed by atoms with van der Waals surface area (Å²) < 4.78 is 16.0. The Morgan fingerprint density at radius 1 is 1.43 bits per heavy atom. The van der Waals surface area contributed by atoms with Crippen LogP contribution in [0.1, 0.15) is 19.3 Å². The summed E-state index contributed by atoms with van der Waals surface area (Å²) >= 11 is 0. The molecule has 6 heteroatoms. The molecule has 0 atom stereocenters. The molecule has 0 unspecified atom stereocenters. The maximum absolute atomic E-state index is 11.9. The van der Waals surface area contributed by atoms with Gasteiger partial charge in [-0.1, -0.05) is 0 Å². The number of nitrogen functional groups attached to an aromatic ring is 1. The summed E-state index contributed by atoms with van der Waals surface area (Å²) in [6, 6.07) is 5.16. The third-order valence-corrected chi connectivity index (χ3v) is 3.38. The first-order valence-corrected chi connectivity index (χ1v) is 7.11. The number of nitrogens with two attached hydrogens (primary N) is 1. The molecule has 0 radical (unpaired) electrons. The Labute approximate surface area is 124 Å². The van der Waals surface area contributed by atoms with Crippen molar-refractivity contribution in [1.29, 1.82) is 0 Å². The van der Waals surface area contributed by atoms with Gasteiger partial charge in [-0.2, -0.15) is 0 Å². The summed E-state index contributed by atoms with van der Waals surface area (Å²) in [5.74, 6) is 0.548. The number of anilines is 2. The zero-order valence-corrected chi connectivity index (χ0v) is 12.3. The number of hydrogen-bond donors (Lipinski definition) is 2. The SMILES string of the molecule is COc1ccc(NC(=O)CCOC2CCOCC2)c(N)c1. The van der Waals surface area contributed by atoms with Gasteiger partial charge in [0.1, 0.15) is 5.75 Å². The van der Waals surface area contributed by atoms with Gasteiger partial charge in [0, 0.05) is 19.3 Å². The number of nitrogens with one attached hydrogen (secondary N) is 1. The van der Waals surface area contributed by atoms with Crippen molar-refractivity contribution in [3.05, 3.63) is 18.2 Å². The lowest BCUT2D eigenvalue weighted by Gasteiger charge is -2.22. The molecule has 1 saturated heterocycles. The zero-order chi connectivity index (χ0) is 15.1. The van der Waals surface area contributed by atoms with Gasteiger partial charge < -0.3 is 25.3 Å². The number of rotatable bonds is 6. The maximum Gasteiger partial charge on any atom is 0.226 e. The normalized spacial score (nSPS) is 15.7. The molecule has 1 aromatic carbocycles. The average Bonchev–Trinajstić information content (AvgIpc) is 2.50. The van der Waals surface area contributed by atoms with Crippen molar-refractivity contribution in [1.82, 2.24) is 0 Å². The van der Waals surface area contributed by atoms with Gasteiger partial charge >= 0.3 is 0 Å². The van der Waals surface area contributed by atoms with Gasteiger partial charge in [0.2, 0.25) is 5.91 Å². The van der Waals surface area contributed by atoms with Gasteiger partial charge in [-0.3, -0.25) is 4.79 Å². The predicted molar refractivity (Wildman–Crippen MR) is 80.4 cm³/mol. The fourth-order valence-corrected chi connectivity index (χ4v) is 2.16.